The summed E-state index contributed by atoms with van der Waals surface area (Å²) in [4.78, 5) is 5.11. The van der Waals surface area contributed by atoms with Crippen molar-refractivity contribution in [2.24, 2.45) is 0 Å². The lowest BCUT2D eigenvalue weighted by atomic mass is 9.82. The summed E-state index contributed by atoms with van der Waals surface area (Å²) in [6.45, 7) is 4.17. The molecule has 1 N–H and O–H groups in total. The van der Waals surface area contributed by atoms with Crippen molar-refractivity contribution in [3.05, 3.63) is 125 Å². The van der Waals surface area contributed by atoms with Crippen molar-refractivity contribution in [1.82, 2.24) is 4.98 Å². The predicted octanol–water partition coefficient (Wildman–Crippen LogP) is 6.78. The Balaban J connectivity index is 1.82. The first-order chi connectivity index (χ1) is 15.6. The summed E-state index contributed by atoms with van der Waals surface area (Å²) in [6.07, 6.45) is 0. The standard InChI is InChI=1S/C30H23NO/c1-19-12-15-22(16-13-19)30(32)25-17-14-20(2)18-24(25)27-28(30)23-10-6-7-11-26(23)31-29(27)21-8-4-3-5-9-21/h3-18,32H,1-2H3. The van der Waals surface area contributed by atoms with Crippen molar-refractivity contribution in [3.8, 4) is 22.4 Å². The SMILES string of the molecule is Cc1ccc(C2(O)c3ccc(C)cc3-c3c(-c4ccccc4)nc4ccccc4c32)cc1. The molecule has 1 aromatic heterocycles. The lowest BCUT2D eigenvalue weighted by Gasteiger charge is -2.28. The Morgan fingerprint density at radius 2 is 1.41 bits per heavy atom. The van der Waals surface area contributed by atoms with Crippen LogP contribution in [0.5, 0.6) is 0 Å². The van der Waals surface area contributed by atoms with E-state index in [-0.39, 0.29) is 0 Å². The monoisotopic (exact) mass is 413 g/mol. The number of aliphatic hydroxyl groups is 1. The summed E-state index contributed by atoms with van der Waals surface area (Å²) in [6, 6.07) is 33.0. The minimum absolute atomic E-state index is 0.877. The van der Waals surface area contributed by atoms with Crippen LogP contribution in [-0.2, 0) is 5.60 Å². The topological polar surface area (TPSA) is 33.1 Å². The number of benzene rings is 4. The van der Waals surface area contributed by atoms with Gasteiger partial charge >= 0.3 is 0 Å². The molecule has 0 spiro atoms. The van der Waals surface area contributed by atoms with E-state index in [0.29, 0.717) is 0 Å². The Morgan fingerprint density at radius 1 is 0.719 bits per heavy atom. The number of hydrogen-bond donors (Lipinski definition) is 1. The molecule has 4 aromatic carbocycles. The van der Waals surface area contributed by atoms with E-state index < -0.39 is 5.60 Å². The Labute approximate surface area is 187 Å². The highest BCUT2D eigenvalue weighted by atomic mass is 16.3. The second-order valence-corrected chi connectivity index (χ2v) is 8.72. The molecule has 32 heavy (non-hydrogen) atoms. The molecular formula is C30H23NO. The summed E-state index contributed by atoms with van der Waals surface area (Å²) in [5, 5.41) is 13.6. The molecule has 0 amide bonds. The normalized spacial score (nSPS) is 16.7. The number of para-hydroxylation sites is 1. The largest absolute Gasteiger partial charge is 0.376 e. The minimum Gasteiger partial charge on any atom is -0.376 e. The predicted molar refractivity (Wildman–Crippen MR) is 131 cm³/mol. The average Bonchev–Trinajstić information content (AvgIpc) is 3.09. The summed E-state index contributed by atoms with van der Waals surface area (Å²) in [7, 11) is 0. The molecule has 1 aliphatic carbocycles. The van der Waals surface area contributed by atoms with Gasteiger partial charge in [-0.05, 0) is 31.0 Å². The third-order valence-corrected chi connectivity index (χ3v) is 6.61. The van der Waals surface area contributed by atoms with E-state index in [1.165, 1.54) is 5.56 Å². The van der Waals surface area contributed by atoms with Gasteiger partial charge in [0.15, 0.2) is 0 Å². The van der Waals surface area contributed by atoms with Crippen LogP contribution < -0.4 is 0 Å². The Hall–Kier alpha value is -3.75. The highest BCUT2D eigenvalue weighted by Crippen LogP contribution is 2.55. The molecule has 2 heteroatoms. The van der Waals surface area contributed by atoms with E-state index in [4.69, 9.17) is 4.98 Å². The molecule has 6 rings (SSSR count). The molecule has 0 fully saturated rings. The molecule has 1 unspecified atom stereocenters. The second kappa shape index (κ2) is 6.88. The molecule has 0 saturated carbocycles. The first-order valence-corrected chi connectivity index (χ1v) is 11.0. The number of fused-ring (bicyclic) bond motifs is 5. The molecule has 0 saturated heterocycles. The zero-order valence-corrected chi connectivity index (χ0v) is 18.1. The van der Waals surface area contributed by atoms with E-state index >= 15 is 0 Å². The second-order valence-electron chi connectivity index (χ2n) is 8.72. The molecule has 1 aliphatic rings. The van der Waals surface area contributed by atoms with Gasteiger partial charge in [0.1, 0.15) is 5.60 Å². The van der Waals surface area contributed by atoms with E-state index in [1.54, 1.807) is 0 Å². The fourth-order valence-electron chi connectivity index (χ4n) is 5.06. The van der Waals surface area contributed by atoms with Crippen molar-refractivity contribution in [1.29, 1.82) is 0 Å². The summed E-state index contributed by atoms with van der Waals surface area (Å²) < 4.78 is 0. The maximum Gasteiger partial charge on any atom is 0.142 e. The summed E-state index contributed by atoms with van der Waals surface area (Å²) in [5.41, 5.74) is 8.73. The molecule has 0 aliphatic heterocycles. The third kappa shape index (κ3) is 2.60. The Morgan fingerprint density at radius 3 is 2.19 bits per heavy atom. The first-order valence-electron chi connectivity index (χ1n) is 11.0. The van der Waals surface area contributed by atoms with Crippen LogP contribution in [0.15, 0.2) is 97.1 Å². The van der Waals surface area contributed by atoms with Gasteiger partial charge in [-0.15, -0.1) is 0 Å². The highest BCUT2D eigenvalue weighted by Gasteiger charge is 2.46. The number of nitrogens with zero attached hydrogens (tertiary/aromatic N) is 1. The van der Waals surface area contributed by atoms with Crippen LogP contribution in [-0.4, -0.2) is 10.1 Å². The number of aromatic nitrogens is 1. The van der Waals surface area contributed by atoms with Crippen LogP contribution in [0.25, 0.3) is 33.3 Å². The molecule has 1 atom stereocenters. The van der Waals surface area contributed by atoms with Gasteiger partial charge in [0.25, 0.3) is 0 Å². The van der Waals surface area contributed by atoms with Crippen molar-refractivity contribution >= 4 is 10.9 Å². The molecule has 0 bridgehead atoms. The van der Waals surface area contributed by atoms with E-state index in [0.717, 1.165) is 55.5 Å². The summed E-state index contributed by atoms with van der Waals surface area (Å²) >= 11 is 0. The molecule has 1 heterocycles. The van der Waals surface area contributed by atoms with Gasteiger partial charge in [-0.2, -0.15) is 0 Å². The summed E-state index contributed by atoms with van der Waals surface area (Å²) in [5.74, 6) is 0. The molecule has 0 radical (unpaired) electrons. The van der Waals surface area contributed by atoms with Crippen LogP contribution in [0.1, 0.15) is 27.8 Å². The first kappa shape index (κ1) is 19.0. The van der Waals surface area contributed by atoms with Gasteiger partial charge in [-0.1, -0.05) is 102 Å². The maximum absolute atomic E-state index is 12.6. The van der Waals surface area contributed by atoms with Crippen LogP contribution in [0, 0.1) is 13.8 Å². The zero-order valence-electron chi connectivity index (χ0n) is 18.1. The Kier molecular flexibility index (Phi) is 4.08. The van der Waals surface area contributed by atoms with Crippen molar-refractivity contribution in [2.75, 3.05) is 0 Å². The number of pyridine rings is 1. The average molecular weight is 414 g/mol. The van der Waals surface area contributed by atoms with Crippen molar-refractivity contribution < 1.29 is 5.11 Å². The van der Waals surface area contributed by atoms with Crippen LogP contribution in [0.2, 0.25) is 0 Å². The van der Waals surface area contributed by atoms with E-state index in [9.17, 15) is 5.11 Å². The molecular weight excluding hydrogens is 390 g/mol. The minimum atomic E-state index is -1.25. The molecule has 154 valence electrons. The van der Waals surface area contributed by atoms with Gasteiger partial charge in [0, 0.05) is 27.6 Å². The number of rotatable bonds is 2. The van der Waals surface area contributed by atoms with Gasteiger partial charge in [0.05, 0.1) is 11.2 Å². The lowest BCUT2D eigenvalue weighted by molar-refractivity contribution is 0.132. The van der Waals surface area contributed by atoms with Gasteiger partial charge in [-0.3, -0.25) is 0 Å². The highest BCUT2D eigenvalue weighted by molar-refractivity contribution is 6.02. The fourth-order valence-corrected chi connectivity index (χ4v) is 5.06. The number of hydrogen-bond acceptors (Lipinski definition) is 2. The Bertz CT molecular complexity index is 1490. The van der Waals surface area contributed by atoms with Crippen molar-refractivity contribution in [2.45, 2.75) is 19.4 Å². The smallest absolute Gasteiger partial charge is 0.142 e. The zero-order chi connectivity index (χ0) is 21.9. The lowest BCUT2D eigenvalue weighted by Crippen LogP contribution is -2.26. The maximum atomic E-state index is 12.6. The van der Waals surface area contributed by atoms with Crippen LogP contribution in [0.4, 0.5) is 0 Å². The van der Waals surface area contributed by atoms with Crippen LogP contribution >= 0.6 is 0 Å². The quantitative estimate of drug-likeness (QED) is 0.346. The van der Waals surface area contributed by atoms with Gasteiger partial charge in [0.2, 0.25) is 0 Å². The van der Waals surface area contributed by atoms with E-state index in [2.05, 4.69) is 62.4 Å². The van der Waals surface area contributed by atoms with Gasteiger partial charge in [-0.25, -0.2) is 4.98 Å². The van der Waals surface area contributed by atoms with Crippen molar-refractivity contribution in [3.63, 3.8) is 0 Å². The molecule has 2 nitrogen and oxygen atoms in total. The van der Waals surface area contributed by atoms with Gasteiger partial charge < -0.3 is 5.11 Å². The van der Waals surface area contributed by atoms with Crippen LogP contribution in [0.3, 0.4) is 0 Å². The fraction of sp³-hybridized carbons (Fsp3) is 0.100. The third-order valence-electron chi connectivity index (χ3n) is 6.61. The molecule has 5 aromatic rings. The number of aryl methyl sites for hydroxylation is 2. The van der Waals surface area contributed by atoms with E-state index in [1.807, 2.05) is 48.5 Å².